The molecule has 2 N–H and O–H groups in total. The molecule has 0 radical (unpaired) electrons. The van der Waals surface area contributed by atoms with Gasteiger partial charge < -0.3 is 9.84 Å². The largest absolute Gasteiger partial charge is 0.504 e. The summed E-state index contributed by atoms with van der Waals surface area (Å²) in [6.07, 6.45) is -3.23. The van der Waals surface area contributed by atoms with Crippen LogP contribution >= 0.6 is 11.6 Å². The van der Waals surface area contributed by atoms with Crippen molar-refractivity contribution >= 4 is 23.5 Å². The van der Waals surface area contributed by atoms with Gasteiger partial charge in [-0.1, -0.05) is 17.7 Å². The summed E-state index contributed by atoms with van der Waals surface area (Å²) in [6.45, 7) is 0. The number of hydrogen-bond donors (Lipinski definition) is 2. The van der Waals surface area contributed by atoms with Crippen LogP contribution in [0.2, 0.25) is 5.02 Å². The quantitative estimate of drug-likeness (QED) is 0.633. The van der Waals surface area contributed by atoms with Crippen molar-refractivity contribution in [3.8, 4) is 11.5 Å². The van der Waals surface area contributed by atoms with Gasteiger partial charge in [-0.25, -0.2) is 0 Å². The average Bonchev–Trinajstić information content (AvgIpc) is 2.49. The van der Waals surface area contributed by atoms with Crippen molar-refractivity contribution in [3.63, 3.8) is 0 Å². The van der Waals surface area contributed by atoms with Crippen LogP contribution < -0.4 is 10.2 Å². The Kier molecular flexibility index (Phi) is 5.00. The third kappa shape index (κ3) is 4.07. The Morgan fingerprint density at radius 3 is 2.65 bits per heavy atom. The molecule has 0 aliphatic rings. The minimum Gasteiger partial charge on any atom is -0.504 e. The van der Waals surface area contributed by atoms with Crippen LogP contribution in [0.15, 0.2) is 41.5 Å². The molecule has 23 heavy (non-hydrogen) atoms. The van der Waals surface area contributed by atoms with Gasteiger partial charge in [0.15, 0.2) is 11.5 Å². The fourth-order valence-electron chi connectivity index (χ4n) is 1.77. The minimum atomic E-state index is -4.48. The van der Waals surface area contributed by atoms with E-state index in [1.54, 1.807) is 18.2 Å². The number of alkyl halides is 3. The summed E-state index contributed by atoms with van der Waals surface area (Å²) < 4.78 is 42.9. The lowest BCUT2D eigenvalue weighted by Crippen LogP contribution is -2.05. The van der Waals surface area contributed by atoms with E-state index in [9.17, 15) is 18.3 Å². The molecule has 2 aromatic carbocycles. The summed E-state index contributed by atoms with van der Waals surface area (Å²) in [4.78, 5) is 0. The number of phenols is 1. The lowest BCUT2D eigenvalue weighted by atomic mass is 10.2. The van der Waals surface area contributed by atoms with Gasteiger partial charge in [-0.2, -0.15) is 18.3 Å². The highest BCUT2D eigenvalue weighted by atomic mass is 35.5. The van der Waals surface area contributed by atoms with Gasteiger partial charge in [0.25, 0.3) is 0 Å². The van der Waals surface area contributed by atoms with E-state index in [2.05, 4.69) is 10.5 Å². The lowest BCUT2D eigenvalue weighted by Gasteiger charge is -2.10. The number of hydrogen-bond acceptors (Lipinski definition) is 4. The van der Waals surface area contributed by atoms with Gasteiger partial charge >= 0.3 is 6.18 Å². The van der Waals surface area contributed by atoms with Crippen molar-refractivity contribution in [1.82, 2.24) is 0 Å². The molecule has 8 heteroatoms. The molecule has 2 rings (SSSR count). The SMILES string of the molecule is COc1cccc(/C=N/Nc2cc(C(F)(F)F)ccc2Cl)c1O. The van der Waals surface area contributed by atoms with Gasteiger partial charge in [-0.15, -0.1) is 0 Å². The van der Waals surface area contributed by atoms with Crippen LogP contribution in [0.25, 0.3) is 0 Å². The molecule has 0 heterocycles. The summed E-state index contributed by atoms with van der Waals surface area (Å²) >= 11 is 5.83. The summed E-state index contributed by atoms with van der Waals surface area (Å²) in [5.74, 6) is 0.127. The predicted molar refractivity (Wildman–Crippen MR) is 82.3 cm³/mol. The maximum absolute atomic E-state index is 12.7. The summed E-state index contributed by atoms with van der Waals surface area (Å²) in [5, 5.41) is 13.8. The van der Waals surface area contributed by atoms with Gasteiger partial charge in [0, 0.05) is 5.56 Å². The second-order valence-electron chi connectivity index (χ2n) is 4.46. The molecule has 0 unspecified atom stereocenters. The number of methoxy groups -OCH3 is 1. The number of para-hydroxylation sites is 1. The molecule has 4 nitrogen and oxygen atoms in total. The molecular formula is C15H12ClF3N2O2. The number of ether oxygens (including phenoxy) is 1. The maximum Gasteiger partial charge on any atom is 0.416 e. The molecule has 0 bridgehead atoms. The number of nitrogens with zero attached hydrogens (tertiary/aromatic N) is 1. The fourth-order valence-corrected chi connectivity index (χ4v) is 1.93. The van der Waals surface area contributed by atoms with E-state index in [4.69, 9.17) is 16.3 Å². The van der Waals surface area contributed by atoms with Gasteiger partial charge in [-0.3, -0.25) is 5.43 Å². The molecule has 2 aromatic rings. The molecule has 0 saturated heterocycles. The van der Waals surface area contributed by atoms with E-state index in [1.165, 1.54) is 13.3 Å². The van der Waals surface area contributed by atoms with Gasteiger partial charge in [0.2, 0.25) is 0 Å². The summed E-state index contributed by atoms with van der Waals surface area (Å²) in [6, 6.07) is 7.62. The van der Waals surface area contributed by atoms with Gasteiger partial charge in [0.05, 0.1) is 29.6 Å². The molecule has 122 valence electrons. The van der Waals surface area contributed by atoms with Crippen molar-refractivity contribution in [2.45, 2.75) is 6.18 Å². The lowest BCUT2D eigenvalue weighted by molar-refractivity contribution is -0.137. The third-order valence-electron chi connectivity index (χ3n) is 2.93. The first-order valence-electron chi connectivity index (χ1n) is 6.34. The first-order valence-corrected chi connectivity index (χ1v) is 6.72. The summed E-state index contributed by atoms with van der Waals surface area (Å²) in [7, 11) is 1.40. The highest BCUT2D eigenvalue weighted by Gasteiger charge is 2.30. The molecule has 0 amide bonds. The average molecular weight is 345 g/mol. The van der Waals surface area contributed by atoms with E-state index in [0.717, 1.165) is 18.2 Å². The molecule has 0 aromatic heterocycles. The number of halogens is 4. The molecule has 0 saturated carbocycles. The Hall–Kier alpha value is -2.41. The van der Waals surface area contributed by atoms with Crippen molar-refractivity contribution in [2.24, 2.45) is 5.10 Å². The van der Waals surface area contributed by atoms with E-state index < -0.39 is 11.7 Å². The Bertz CT molecular complexity index is 733. The number of hydrazone groups is 1. The van der Waals surface area contributed by atoms with Crippen molar-refractivity contribution in [2.75, 3.05) is 12.5 Å². The number of benzene rings is 2. The topological polar surface area (TPSA) is 53.8 Å². The van der Waals surface area contributed by atoms with E-state index in [-0.39, 0.29) is 22.2 Å². The number of anilines is 1. The first-order chi connectivity index (χ1) is 10.8. The van der Waals surface area contributed by atoms with Crippen molar-refractivity contribution in [1.29, 1.82) is 0 Å². The molecule has 0 aliphatic heterocycles. The highest BCUT2D eigenvalue weighted by molar-refractivity contribution is 6.33. The second-order valence-corrected chi connectivity index (χ2v) is 4.87. The first kappa shape index (κ1) is 17.0. The third-order valence-corrected chi connectivity index (χ3v) is 3.26. The summed E-state index contributed by atoms with van der Waals surface area (Å²) in [5.41, 5.74) is 1.91. The van der Waals surface area contributed by atoms with Crippen LogP contribution in [0.4, 0.5) is 18.9 Å². The second kappa shape index (κ2) is 6.78. The van der Waals surface area contributed by atoms with Gasteiger partial charge in [0.1, 0.15) is 0 Å². The molecule has 0 aliphatic carbocycles. The normalized spacial score (nSPS) is 11.7. The van der Waals surface area contributed by atoms with Crippen LogP contribution in [0.3, 0.4) is 0 Å². The highest BCUT2D eigenvalue weighted by Crippen LogP contribution is 2.34. The minimum absolute atomic E-state index is 0.000118. The zero-order valence-electron chi connectivity index (χ0n) is 11.9. The van der Waals surface area contributed by atoms with E-state index in [0.29, 0.717) is 5.56 Å². The Morgan fingerprint density at radius 1 is 1.26 bits per heavy atom. The molecular weight excluding hydrogens is 333 g/mol. The van der Waals surface area contributed by atoms with Gasteiger partial charge in [-0.05, 0) is 30.3 Å². The fraction of sp³-hybridized carbons (Fsp3) is 0.133. The molecule has 0 spiro atoms. The molecule has 0 atom stereocenters. The van der Waals surface area contributed by atoms with Crippen molar-refractivity contribution in [3.05, 3.63) is 52.5 Å². The van der Waals surface area contributed by atoms with Crippen LogP contribution in [-0.2, 0) is 6.18 Å². The van der Waals surface area contributed by atoms with E-state index in [1.807, 2.05) is 0 Å². The van der Waals surface area contributed by atoms with Crippen LogP contribution in [0.1, 0.15) is 11.1 Å². The number of nitrogens with one attached hydrogen (secondary N) is 1. The maximum atomic E-state index is 12.7. The zero-order valence-corrected chi connectivity index (χ0v) is 12.6. The standard InChI is InChI=1S/C15H12ClF3N2O2/c1-23-13-4-2-3-9(14(13)22)8-20-21-12-7-10(15(17,18)19)5-6-11(12)16/h2-8,21-22H,1H3/b20-8+. The Labute approximate surface area is 135 Å². The zero-order chi connectivity index (χ0) is 17.0. The smallest absolute Gasteiger partial charge is 0.416 e. The number of phenolic OH excluding ortho intramolecular Hbond substituents is 1. The van der Waals surface area contributed by atoms with E-state index >= 15 is 0 Å². The monoisotopic (exact) mass is 344 g/mol. The van der Waals surface area contributed by atoms with Crippen LogP contribution in [-0.4, -0.2) is 18.4 Å². The number of rotatable bonds is 4. The molecule has 0 fully saturated rings. The predicted octanol–water partition coefficient (Wildman–Crippen LogP) is 4.52. The number of aromatic hydroxyl groups is 1. The van der Waals surface area contributed by atoms with Crippen LogP contribution in [0.5, 0.6) is 11.5 Å². The Balaban J connectivity index is 2.21. The van der Waals surface area contributed by atoms with Crippen LogP contribution in [0, 0.1) is 0 Å². The Morgan fingerprint density at radius 2 is 2.00 bits per heavy atom. The van der Waals surface area contributed by atoms with Crippen molar-refractivity contribution < 1.29 is 23.0 Å².